The van der Waals surface area contributed by atoms with Crippen LogP contribution in [0.5, 0.6) is 5.75 Å². The summed E-state index contributed by atoms with van der Waals surface area (Å²) in [7, 11) is 0. The van der Waals surface area contributed by atoms with Gasteiger partial charge in [-0.05, 0) is 18.2 Å². The summed E-state index contributed by atoms with van der Waals surface area (Å²) in [4.78, 5) is 14.9. The van der Waals surface area contributed by atoms with Gasteiger partial charge in [-0.1, -0.05) is 17.7 Å². The third-order valence-electron chi connectivity index (χ3n) is 2.61. The second-order valence-electron chi connectivity index (χ2n) is 4.34. The monoisotopic (exact) mass is 305 g/mol. The molecule has 1 amide bonds. The first-order valence-corrected chi connectivity index (χ1v) is 6.87. The van der Waals surface area contributed by atoms with Crippen molar-refractivity contribution in [2.75, 3.05) is 23.8 Å². The van der Waals surface area contributed by atoms with Gasteiger partial charge in [-0.2, -0.15) is 0 Å². The predicted octanol–water partition coefficient (Wildman–Crippen LogP) is 3.18. The van der Waals surface area contributed by atoms with Crippen LogP contribution < -0.4 is 15.4 Å². The molecule has 0 aliphatic heterocycles. The number of ether oxygens (including phenoxy) is 1. The minimum absolute atomic E-state index is 0.110. The van der Waals surface area contributed by atoms with Gasteiger partial charge in [0.05, 0.1) is 10.7 Å². The van der Waals surface area contributed by atoms with Gasteiger partial charge in [0.1, 0.15) is 12.4 Å². The van der Waals surface area contributed by atoms with Crippen LogP contribution in [-0.2, 0) is 4.79 Å². The van der Waals surface area contributed by atoms with Crippen molar-refractivity contribution < 1.29 is 9.53 Å². The van der Waals surface area contributed by atoms with E-state index in [1.54, 1.807) is 24.5 Å². The number of anilines is 2. The van der Waals surface area contributed by atoms with E-state index in [0.717, 1.165) is 5.69 Å². The van der Waals surface area contributed by atoms with Crippen molar-refractivity contribution in [2.45, 2.75) is 6.92 Å². The summed E-state index contributed by atoms with van der Waals surface area (Å²) in [5.74, 6) is 0.588. The van der Waals surface area contributed by atoms with Crippen LogP contribution in [0.25, 0.3) is 0 Å². The Balaban J connectivity index is 1.81. The largest absolute Gasteiger partial charge is 0.492 e. The topological polar surface area (TPSA) is 63.2 Å². The van der Waals surface area contributed by atoms with Crippen LogP contribution in [0, 0.1) is 0 Å². The number of benzene rings is 1. The van der Waals surface area contributed by atoms with Gasteiger partial charge in [-0.25, -0.2) is 0 Å². The number of nitrogens with zero attached hydrogens (tertiary/aromatic N) is 1. The lowest BCUT2D eigenvalue weighted by atomic mass is 10.3. The van der Waals surface area contributed by atoms with Crippen molar-refractivity contribution in [2.24, 2.45) is 0 Å². The summed E-state index contributed by atoms with van der Waals surface area (Å²) in [6, 6.07) is 9.06. The Kier molecular flexibility index (Phi) is 5.40. The molecule has 5 nitrogen and oxygen atoms in total. The zero-order valence-corrected chi connectivity index (χ0v) is 12.4. The van der Waals surface area contributed by atoms with Crippen LogP contribution >= 0.6 is 11.6 Å². The predicted molar refractivity (Wildman–Crippen MR) is 84.0 cm³/mol. The summed E-state index contributed by atoms with van der Waals surface area (Å²) in [6.07, 6.45) is 3.26. The highest BCUT2D eigenvalue weighted by Gasteiger charge is 2.00. The normalized spacial score (nSPS) is 10.0. The lowest BCUT2D eigenvalue weighted by Crippen LogP contribution is -2.12. The number of carbonyl (C=O) groups excluding carboxylic acids is 1. The van der Waals surface area contributed by atoms with E-state index in [4.69, 9.17) is 16.3 Å². The number of hydrogen-bond donors (Lipinski definition) is 2. The fourth-order valence-corrected chi connectivity index (χ4v) is 1.93. The highest BCUT2D eigenvalue weighted by Crippen LogP contribution is 2.19. The molecule has 110 valence electrons. The van der Waals surface area contributed by atoms with Gasteiger partial charge in [-0.15, -0.1) is 0 Å². The number of aromatic nitrogens is 1. The Morgan fingerprint density at radius 1 is 1.38 bits per heavy atom. The molecule has 0 unspecified atom stereocenters. The van der Waals surface area contributed by atoms with E-state index in [2.05, 4.69) is 15.6 Å². The number of rotatable bonds is 6. The van der Waals surface area contributed by atoms with E-state index >= 15 is 0 Å². The Morgan fingerprint density at radius 2 is 2.24 bits per heavy atom. The molecule has 0 bridgehead atoms. The number of pyridine rings is 1. The first-order chi connectivity index (χ1) is 10.1. The summed E-state index contributed by atoms with van der Waals surface area (Å²) in [5.41, 5.74) is 1.53. The molecule has 0 spiro atoms. The molecule has 2 aromatic rings. The highest BCUT2D eigenvalue weighted by atomic mass is 35.5. The third-order valence-corrected chi connectivity index (χ3v) is 2.91. The summed E-state index contributed by atoms with van der Waals surface area (Å²) < 4.78 is 5.62. The number of carbonyl (C=O) groups is 1. The van der Waals surface area contributed by atoms with Crippen molar-refractivity contribution in [3.05, 3.63) is 47.7 Å². The Bertz CT molecular complexity index is 619. The van der Waals surface area contributed by atoms with E-state index in [1.807, 2.05) is 18.2 Å². The summed E-state index contributed by atoms with van der Waals surface area (Å²) in [5, 5.41) is 6.45. The quantitative estimate of drug-likeness (QED) is 0.805. The number of hydrogen-bond acceptors (Lipinski definition) is 4. The Hall–Kier alpha value is -2.27. The second-order valence-corrected chi connectivity index (χ2v) is 4.75. The van der Waals surface area contributed by atoms with Gasteiger partial charge in [0.2, 0.25) is 5.91 Å². The molecule has 1 aromatic carbocycles. The average Bonchev–Trinajstić information content (AvgIpc) is 2.45. The Labute approximate surface area is 128 Å². The molecule has 0 aliphatic rings. The molecule has 2 N–H and O–H groups in total. The number of amides is 1. The smallest absolute Gasteiger partial charge is 0.221 e. The molecule has 0 fully saturated rings. The number of halogens is 1. The first kappa shape index (κ1) is 15.1. The van der Waals surface area contributed by atoms with Gasteiger partial charge < -0.3 is 15.4 Å². The van der Waals surface area contributed by atoms with Gasteiger partial charge in [0.15, 0.2) is 0 Å². The van der Waals surface area contributed by atoms with Gasteiger partial charge in [0.25, 0.3) is 0 Å². The lowest BCUT2D eigenvalue weighted by molar-refractivity contribution is -0.114. The molecule has 0 atom stereocenters. The van der Waals surface area contributed by atoms with Crippen LogP contribution in [0.2, 0.25) is 5.02 Å². The summed E-state index contributed by atoms with van der Waals surface area (Å²) in [6.45, 7) is 2.55. The SMILES string of the molecule is CC(=O)Nc1cccc(OCCNc2ccncc2Cl)c1. The molecule has 1 aromatic heterocycles. The first-order valence-electron chi connectivity index (χ1n) is 6.49. The van der Waals surface area contributed by atoms with Crippen LogP contribution in [0.15, 0.2) is 42.7 Å². The zero-order valence-electron chi connectivity index (χ0n) is 11.6. The Morgan fingerprint density at radius 3 is 3.00 bits per heavy atom. The van der Waals surface area contributed by atoms with Crippen molar-refractivity contribution in [1.29, 1.82) is 0 Å². The van der Waals surface area contributed by atoms with E-state index < -0.39 is 0 Å². The molecule has 0 saturated carbocycles. The van der Waals surface area contributed by atoms with Crippen molar-refractivity contribution >= 4 is 28.9 Å². The van der Waals surface area contributed by atoms with Gasteiger partial charge >= 0.3 is 0 Å². The standard InChI is InChI=1S/C15H16ClN3O2/c1-11(20)19-12-3-2-4-13(9-12)21-8-7-18-15-5-6-17-10-14(15)16/h2-6,9-10H,7-8H2,1H3,(H,17,18)(H,19,20). The van der Waals surface area contributed by atoms with E-state index in [0.29, 0.717) is 29.6 Å². The van der Waals surface area contributed by atoms with E-state index in [-0.39, 0.29) is 5.91 Å². The molecular formula is C15H16ClN3O2. The fraction of sp³-hybridized carbons (Fsp3) is 0.200. The molecule has 0 aliphatic carbocycles. The molecule has 0 saturated heterocycles. The minimum atomic E-state index is -0.110. The molecule has 21 heavy (non-hydrogen) atoms. The number of nitrogens with one attached hydrogen (secondary N) is 2. The lowest BCUT2D eigenvalue weighted by Gasteiger charge is -2.10. The molecule has 6 heteroatoms. The van der Waals surface area contributed by atoms with Crippen molar-refractivity contribution in [3.8, 4) is 5.75 Å². The van der Waals surface area contributed by atoms with Crippen LogP contribution in [0.1, 0.15) is 6.92 Å². The van der Waals surface area contributed by atoms with Crippen LogP contribution in [0.3, 0.4) is 0 Å². The maximum atomic E-state index is 11.0. The zero-order chi connectivity index (χ0) is 15.1. The maximum absolute atomic E-state index is 11.0. The molecule has 0 radical (unpaired) electrons. The molecule has 2 rings (SSSR count). The molecule has 1 heterocycles. The summed E-state index contributed by atoms with van der Waals surface area (Å²) >= 11 is 5.98. The second kappa shape index (κ2) is 7.50. The van der Waals surface area contributed by atoms with E-state index in [1.165, 1.54) is 6.92 Å². The van der Waals surface area contributed by atoms with Crippen molar-refractivity contribution in [1.82, 2.24) is 4.98 Å². The fourth-order valence-electron chi connectivity index (χ4n) is 1.74. The van der Waals surface area contributed by atoms with Gasteiger partial charge in [0, 0.05) is 37.6 Å². The van der Waals surface area contributed by atoms with Crippen LogP contribution in [-0.4, -0.2) is 24.0 Å². The minimum Gasteiger partial charge on any atom is -0.492 e. The molecular weight excluding hydrogens is 290 g/mol. The average molecular weight is 306 g/mol. The van der Waals surface area contributed by atoms with Gasteiger partial charge in [-0.3, -0.25) is 9.78 Å². The van der Waals surface area contributed by atoms with Crippen LogP contribution in [0.4, 0.5) is 11.4 Å². The highest BCUT2D eigenvalue weighted by molar-refractivity contribution is 6.33. The van der Waals surface area contributed by atoms with E-state index in [9.17, 15) is 4.79 Å². The van der Waals surface area contributed by atoms with Crippen molar-refractivity contribution in [3.63, 3.8) is 0 Å². The maximum Gasteiger partial charge on any atom is 0.221 e. The third kappa shape index (κ3) is 4.96.